The number of halogens is 1. The average molecular weight is 314 g/mol. The van der Waals surface area contributed by atoms with Gasteiger partial charge in [0.25, 0.3) is 0 Å². The lowest BCUT2D eigenvalue weighted by Crippen LogP contribution is -2.03. The minimum Gasteiger partial charge on any atom is -0.322 e. The van der Waals surface area contributed by atoms with Crippen LogP contribution in [0.25, 0.3) is 21.9 Å². The molecule has 0 saturated heterocycles. The Morgan fingerprint density at radius 2 is 2.05 bits per heavy atom. The molecule has 3 aromatic heterocycles. The molecule has 0 spiro atoms. The third-order valence-electron chi connectivity index (χ3n) is 3.60. The van der Waals surface area contributed by atoms with Crippen molar-refractivity contribution in [2.24, 2.45) is 0 Å². The lowest BCUT2D eigenvalue weighted by Gasteiger charge is -2.08. The predicted octanol–water partition coefficient (Wildman–Crippen LogP) is 4.43. The van der Waals surface area contributed by atoms with Crippen LogP contribution < -0.4 is 0 Å². The van der Waals surface area contributed by atoms with Crippen molar-refractivity contribution in [2.75, 3.05) is 0 Å². The SMILES string of the molecule is ClCc1nc2cnc3ccccc3c2n1Cc1ccsc1. The van der Waals surface area contributed by atoms with Crippen LogP contribution in [0, 0.1) is 0 Å². The number of benzene rings is 1. The number of hydrogen-bond donors (Lipinski definition) is 0. The first kappa shape index (κ1) is 12.8. The first-order valence-corrected chi connectivity index (χ1v) is 8.14. The monoisotopic (exact) mass is 313 g/mol. The number of pyridine rings is 1. The topological polar surface area (TPSA) is 30.7 Å². The fourth-order valence-corrected chi connectivity index (χ4v) is 3.51. The van der Waals surface area contributed by atoms with Crippen molar-refractivity contribution in [3.05, 3.63) is 58.7 Å². The summed E-state index contributed by atoms with van der Waals surface area (Å²) in [5.74, 6) is 1.28. The van der Waals surface area contributed by atoms with E-state index in [2.05, 4.69) is 37.4 Å². The largest absolute Gasteiger partial charge is 0.322 e. The van der Waals surface area contributed by atoms with Crippen molar-refractivity contribution in [3.63, 3.8) is 0 Å². The summed E-state index contributed by atoms with van der Waals surface area (Å²) in [4.78, 5) is 9.11. The van der Waals surface area contributed by atoms with E-state index >= 15 is 0 Å². The molecule has 4 rings (SSSR count). The van der Waals surface area contributed by atoms with Gasteiger partial charge in [0, 0.05) is 5.39 Å². The molecule has 0 saturated carbocycles. The number of alkyl halides is 1. The van der Waals surface area contributed by atoms with Crippen molar-refractivity contribution in [1.82, 2.24) is 14.5 Å². The van der Waals surface area contributed by atoms with Crippen molar-refractivity contribution >= 4 is 44.9 Å². The molecular formula is C16H12ClN3S. The molecule has 3 nitrogen and oxygen atoms in total. The van der Waals surface area contributed by atoms with Gasteiger partial charge in [-0.15, -0.1) is 11.6 Å². The summed E-state index contributed by atoms with van der Waals surface area (Å²) in [5.41, 5.74) is 4.27. The predicted molar refractivity (Wildman–Crippen MR) is 88.0 cm³/mol. The summed E-state index contributed by atoms with van der Waals surface area (Å²) in [5, 5.41) is 5.37. The summed E-state index contributed by atoms with van der Waals surface area (Å²) in [7, 11) is 0. The van der Waals surface area contributed by atoms with Crippen molar-refractivity contribution in [2.45, 2.75) is 12.4 Å². The number of hydrogen-bond acceptors (Lipinski definition) is 3. The van der Waals surface area contributed by atoms with E-state index in [0.29, 0.717) is 5.88 Å². The van der Waals surface area contributed by atoms with Crippen LogP contribution in [0.5, 0.6) is 0 Å². The van der Waals surface area contributed by atoms with Gasteiger partial charge in [-0.3, -0.25) is 4.98 Å². The quantitative estimate of drug-likeness (QED) is 0.524. The van der Waals surface area contributed by atoms with Crippen LogP contribution in [0.2, 0.25) is 0 Å². The molecular weight excluding hydrogens is 302 g/mol. The Kier molecular flexibility index (Phi) is 3.13. The Labute approximate surface area is 130 Å². The minimum absolute atomic E-state index is 0.396. The number of rotatable bonds is 3. The van der Waals surface area contributed by atoms with Crippen LogP contribution in [0.3, 0.4) is 0 Å². The second-order valence-corrected chi connectivity index (χ2v) is 5.94. The second-order valence-electron chi connectivity index (χ2n) is 4.89. The van der Waals surface area contributed by atoms with Gasteiger partial charge in [0.2, 0.25) is 0 Å². The molecule has 21 heavy (non-hydrogen) atoms. The Morgan fingerprint density at radius 3 is 2.86 bits per heavy atom. The molecule has 1 aromatic carbocycles. The molecule has 0 unspecified atom stereocenters. The maximum Gasteiger partial charge on any atom is 0.125 e. The number of imidazole rings is 1. The summed E-state index contributed by atoms with van der Waals surface area (Å²) in [6.45, 7) is 0.788. The summed E-state index contributed by atoms with van der Waals surface area (Å²) in [6, 6.07) is 10.3. The summed E-state index contributed by atoms with van der Waals surface area (Å²) >= 11 is 7.80. The van der Waals surface area contributed by atoms with Gasteiger partial charge < -0.3 is 4.57 Å². The second kappa shape index (κ2) is 5.13. The maximum atomic E-state index is 6.09. The van der Waals surface area contributed by atoms with E-state index in [1.54, 1.807) is 11.3 Å². The molecule has 3 heterocycles. The highest BCUT2D eigenvalue weighted by atomic mass is 35.5. The Hall–Kier alpha value is -1.91. The standard InChI is InChI=1S/C16H12ClN3S/c17-7-15-19-14-8-18-13-4-2-1-3-12(13)16(14)20(15)9-11-5-6-21-10-11/h1-6,8,10H,7,9H2. The molecule has 0 aliphatic heterocycles. The number of para-hydroxylation sites is 1. The van der Waals surface area contributed by atoms with E-state index in [1.165, 1.54) is 5.56 Å². The lowest BCUT2D eigenvalue weighted by molar-refractivity contribution is 0.783. The molecule has 4 aromatic rings. The zero-order chi connectivity index (χ0) is 14.2. The van der Waals surface area contributed by atoms with Gasteiger partial charge in [0.05, 0.1) is 29.7 Å². The molecule has 5 heteroatoms. The number of aromatic nitrogens is 3. The van der Waals surface area contributed by atoms with E-state index in [-0.39, 0.29) is 0 Å². The molecule has 0 fully saturated rings. The number of thiophene rings is 1. The van der Waals surface area contributed by atoms with E-state index in [9.17, 15) is 0 Å². The van der Waals surface area contributed by atoms with Crippen LogP contribution in [-0.2, 0) is 12.4 Å². The minimum atomic E-state index is 0.396. The Morgan fingerprint density at radius 1 is 1.14 bits per heavy atom. The summed E-state index contributed by atoms with van der Waals surface area (Å²) in [6.07, 6.45) is 1.83. The van der Waals surface area contributed by atoms with Gasteiger partial charge in [-0.1, -0.05) is 18.2 Å². The normalized spacial score (nSPS) is 11.5. The summed E-state index contributed by atoms with van der Waals surface area (Å²) < 4.78 is 2.20. The molecule has 0 aliphatic carbocycles. The van der Waals surface area contributed by atoms with E-state index < -0.39 is 0 Å². The Bertz CT molecular complexity index is 912. The molecule has 0 amide bonds. The van der Waals surface area contributed by atoms with E-state index in [4.69, 9.17) is 11.6 Å². The third-order valence-corrected chi connectivity index (χ3v) is 4.57. The molecule has 0 N–H and O–H groups in total. The first-order chi connectivity index (χ1) is 10.4. The molecule has 0 atom stereocenters. The number of fused-ring (bicyclic) bond motifs is 3. The van der Waals surface area contributed by atoms with Crippen LogP contribution >= 0.6 is 22.9 Å². The van der Waals surface area contributed by atoms with E-state index in [1.807, 2.05) is 24.4 Å². The fourth-order valence-electron chi connectivity index (χ4n) is 2.65. The smallest absolute Gasteiger partial charge is 0.125 e. The van der Waals surface area contributed by atoms with Gasteiger partial charge >= 0.3 is 0 Å². The highest BCUT2D eigenvalue weighted by Crippen LogP contribution is 2.26. The Balaban J connectivity index is 2.03. The average Bonchev–Trinajstić information content (AvgIpc) is 3.15. The molecule has 0 bridgehead atoms. The zero-order valence-electron chi connectivity index (χ0n) is 11.2. The highest BCUT2D eigenvalue weighted by molar-refractivity contribution is 7.07. The van der Waals surface area contributed by atoms with E-state index in [0.717, 1.165) is 34.3 Å². The van der Waals surface area contributed by atoms with Crippen molar-refractivity contribution in [3.8, 4) is 0 Å². The molecule has 0 aliphatic rings. The van der Waals surface area contributed by atoms with Crippen LogP contribution in [-0.4, -0.2) is 14.5 Å². The fraction of sp³-hybridized carbons (Fsp3) is 0.125. The van der Waals surface area contributed by atoms with Crippen LogP contribution in [0.4, 0.5) is 0 Å². The van der Waals surface area contributed by atoms with Crippen molar-refractivity contribution in [1.29, 1.82) is 0 Å². The van der Waals surface area contributed by atoms with Crippen LogP contribution in [0.15, 0.2) is 47.3 Å². The lowest BCUT2D eigenvalue weighted by atomic mass is 10.2. The third kappa shape index (κ3) is 2.11. The van der Waals surface area contributed by atoms with Gasteiger partial charge in [-0.05, 0) is 28.5 Å². The van der Waals surface area contributed by atoms with Crippen molar-refractivity contribution < 1.29 is 0 Å². The maximum absolute atomic E-state index is 6.09. The highest BCUT2D eigenvalue weighted by Gasteiger charge is 2.14. The van der Waals surface area contributed by atoms with Gasteiger partial charge in [0.1, 0.15) is 11.3 Å². The first-order valence-electron chi connectivity index (χ1n) is 6.66. The van der Waals surface area contributed by atoms with Gasteiger partial charge in [-0.25, -0.2) is 4.98 Å². The van der Waals surface area contributed by atoms with Gasteiger partial charge in [0.15, 0.2) is 0 Å². The van der Waals surface area contributed by atoms with Crippen LogP contribution in [0.1, 0.15) is 11.4 Å². The molecule has 104 valence electrons. The molecule has 0 radical (unpaired) electrons. The zero-order valence-corrected chi connectivity index (χ0v) is 12.7. The van der Waals surface area contributed by atoms with Gasteiger partial charge in [-0.2, -0.15) is 11.3 Å². The number of nitrogens with zero attached hydrogens (tertiary/aromatic N) is 3.